The van der Waals surface area contributed by atoms with Crippen LogP contribution in [0.3, 0.4) is 0 Å². The van der Waals surface area contributed by atoms with Crippen molar-refractivity contribution in [1.82, 2.24) is 0 Å². The van der Waals surface area contributed by atoms with E-state index in [-0.39, 0.29) is 12.2 Å². The van der Waals surface area contributed by atoms with Gasteiger partial charge >= 0.3 is 5.97 Å². The monoisotopic (exact) mass is 293 g/mol. The van der Waals surface area contributed by atoms with Crippen LogP contribution in [0.25, 0.3) is 0 Å². The Morgan fingerprint density at radius 2 is 2.15 bits per heavy atom. The maximum Gasteiger partial charge on any atom is 0.341 e. The van der Waals surface area contributed by atoms with Crippen LogP contribution in [0, 0.1) is 6.92 Å². The number of rotatable bonds is 4. The molecule has 0 saturated carbocycles. The molecule has 1 N–H and O–H groups in total. The molecule has 0 saturated heterocycles. The maximum absolute atomic E-state index is 11.6. The highest BCUT2D eigenvalue weighted by Crippen LogP contribution is 2.19. The van der Waals surface area contributed by atoms with Crippen LogP contribution in [0.5, 0.6) is 0 Å². The van der Waals surface area contributed by atoms with Gasteiger partial charge in [0.05, 0.1) is 11.8 Å². The SMILES string of the molecule is Cc1ccc(NC(=O)COC(=O)c2ccoc2)cc1Cl. The lowest BCUT2D eigenvalue weighted by molar-refractivity contribution is -0.119. The van der Waals surface area contributed by atoms with Gasteiger partial charge in [0.2, 0.25) is 0 Å². The molecule has 5 nitrogen and oxygen atoms in total. The fourth-order valence-electron chi connectivity index (χ4n) is 1.46. The van der Waals surface area contributed by atoms with E-state index in [0.717, 1.165) is 5.56 Å². The molecule has 0 aliphatic heterocycles. The second-order valence-corrected chi connectivity index (χ2v) is 4.51. The van der Waals surface area contributed by atoms with Crippen molar-refractivity contribution in [1.29, 1.82) is 0 Å². The number of hydrogen-bond acceptors (Lipinski definition) is 4. The van der Waals surface area contributed by atoms with Crippen molar-refractivity contribution < 1.29 is 18.7 Å². The molecule has 1 heterocycles. The number of carbonyl (C=O) groups excluding carboxylic acids is 2. The van der Waals surface area contributed by atoms with Crippen LogP contribution >= 0.6 is 11.6 Å². The van der Waals surface area contributed by atoms with E-state index in [9.17, 15) is 9.59 Å². The molecule has 0 aliphatic carbocycles. The van der Waals surface area contributed by atoms with E-state index in [0.29, 0.717) is 10.7 Å². The number of halogens is 1. The Bertz CT molecular complexity index is 622. The van der Waals surface area contributed by atoms with Crippen molar-refractivity contribution >= 4 is 29.2 Å². The fraction of sp³-hybridized carbons (Fsp3) is 0.143. The zero-order valence-electron chi connectivity index (χ0n) is 10.7. The summed E-state index contributed by atoms with van der Waals surface area (Å²) in [5, 5.41) is 3.14. The molecule has 0 fully saturated rings. The number of anilines is 1. The van der Waals surface area contributed by atoms with E-state index in [1.165, 1.54) is 18.6 Å². The molecule has 0 atom stereocenters. The summed E-state index contributed by atoms with van der Waals surface area (Å²) >= 11 is 5.95. The molecule has 0 spiro atoms. The van der Waals surface area contributed by atoms with Gasteiger partial charge < -0.3 is 14.5 Å². The average Bonchev–Trinajstić information content (AvgIpc) is 2.94. The summed E-state index contributed by atoms with van der Waals surface area (Å²) in [6, 6.07) is 6.60. The fourth-order valence-corrected chi connectivity index (χ4v) is 1.64. The molecule has 1 aromatic heterocycles. The lowest BCUT2D eigenvalue weighted by atomic mass is 10.2. The van der Waals surface area contributed by atoms with Gasteiger partial charge in [0.25, 0.3) is 5.91 Å². The first-order chi connectivity index (χ1) is 9.56. The molecule has 0 radical (unpaired) electrons. The van der Waals surface area contributed by atoms with Gasteiger partial charge in [-0.2, -0.15) is 0 Å². The Kier molecular flexibility index (Phi) is 4.42. The number of carbonyl (C=O) groups is 2. The highest BCUT2D eigenvalue weighted by atomic mass is 35.5. The Hall–Kier alpha value is -2.27. The van der Waals surface area contributed by atoms with Gasteiger partial charge in [0.1, 0.15) is 6.26 Å². The number of benzene rings is 1. The number of furan rings is 1. The van der Waals surface area contributed by atoms with Gasteiger partial charge in [-0.1, -0.05) is 17.7 Å². The van der Waals surface area contributed by atoms with Crippen molar-refractivity contribution in [3.8, 4) is 0 Å². The summed E-state index contributed by atoms with van der Waals surface area (Å²) in [4.78, 5) is 23.1. The van der Waals surface area contributed by atoms with Gasteiger partial charge in [-0.15, -0.1) is 0 Å². The van der Waals surface area contributed by atoms with Crippen LogP contribution in [0.4, 0.5) is 5.69 Å². The van der Waals surface area contributed by atoms with E-state index in [2.05, 4.69) is 5.32 Å². The van der Waals surface area contributed by atoms with Crippen LogP contribution in [-0.2, 0) is 9.53 Å². The van der Waals surface area contributed by atoms with E-state index in [1.54, 1.807) is 18.2 Å². The summed E-state index contributed by atoms with van der Waals surface area (Å²) in [6.45, 7) is 1.48. The Morgan fingerprint density at radius 3 is 2.80 bits per heavy atom. The van der Waals surface area contributed by atoms with Gasteiger partial charge in [0, 0.05) is 10.7 Å². The minimum absolute atomic E-state index is 0.260. The molecule has 1 amide bonds. The zero-order chi connectivity index (χ0) is 14.5. The smallest absolute Gasteiger partial charge is 0.341 e. The molecule has 2 rings (SSSR count). The van der Waals surface area contributed by atoms with Crippen molar-refractivity contribution in [2.45, 2.75) is 6.92 Å². The molecule has 0 unspecified atom stereocenters. The van der Waals surface area contributed by atoms with Crippen molar-refractivity contribution in [3.05, 3.63) is 52.9 Å². The number of ether oxygens (including phenoxy) is 1. The highest BCUT2D eigenvalue weighted by molar-refractivity contribution is 6.31. The standard InChI is InChI=1S/C14H12ClNO4/c1-9-2-3-11(6-12(9)15)16-13(17)8-20-14(18)10-4-5-19-7-10/h2-7H,8H2,1H3,(H,16,17). The summed E-state index contributed by atoms with van der Waals surface area (Å²) in [5.41, 5.74) is 1.72. The van der Waals surface area contributed by atoms with Crippen molar-refractivity contribution in [3.63, 3.8) is 0 Å². The third-order valence-electron chi connectivity index (χ3n) is 2.55. The highest BCUT2D eigenvalue weighted by Gasteiger charge is 2.11. The molecule has 104 valence electrons. The maximum atomic E-state index is 11.6. The minimum atomic E-state index is -0.615. The van der Waals surface area contributed by atoms with Crippen LogP contribution in [0.15, 0.2) is 41.2 Å². The molecular formula is C14H12ClNO4. The van der Waals surface area contributed by atoms with E-state index >= 15 is 0 Å². The number of amides is 1. The van der Waals surface area contributed by atoms with Gasteiger partial charge in [-0.05, 0) is 30.7 Å². The molecule has 6 heteroatoms. The van der Waals surface area contributed by atoms with Crippen LogP contribution < -0.4 is 5.32 Å². The molecule has 0 bridgehead atoms. The average molecular weight is 294 g/mol. The number of aryl methyl sites for hydroxylation is 1. The summed E-state index contributed by atoms with van der Waals surface area (Å²) < 4.78 is 9.58. The van der Waals surface area contributed by atoms with Crippen molar-refractivity contribution in [2.24, 2.45) is 0 Å². The lowest BCUT2D eigenvalue weighted by Crippen LogP contribution is -2.20. The minimum Gasteiger partial charge on any atom is -0.472 e. The van der Waals surface area contributed by atoms with E-state index < -0.39 is 11.9 Å². The molecule has 1 aromatic carbocycles. The number of esters is 1. The number of nitrogens with one attached hydrogen (secondary N) is 1. The second-order valence-electron chi connectivity index (χ2n) is 4.10. The predicted octanol–water partition coefficient (Wildman–Crippen LogP) is 3.04. The first-order valence-electron chi connectivity index (χ1n) is 5.81. The largest absolute Gasteiger partial charge is 0.472 e. The first kappa shape index (κ1) is 14.1. The van der Waals surface area contributed by atoms with Gasteiger partial charge in [-0.3, -0.25) is 4.79 Å². The van der Waals surface area contributed by atoms with E-state index in [1.807, 2.05) is 6.92 Å². The Morgan fingerprint density at radius 1 is 1.35 bits per heavy atom. The van der Waals surface area contributed by atoms with Gasteiger partial charge in [-0.25, -0.2) is 4.79 Å². The summed E-state index contributed by atoms with van der Waals surface area (Å²) in [7, 11) is 0. The zero-order valence-corrected chi connectivity index (χ0v) is 11.4. The first-order valence-corrected chi connectivity index (χ1v) is 6.19. The Labute approximate surface area is 120 Å². The lowest BCUT2D eigenvalue weighted by Gasteiger charge is -2.07. The quantitative estimate of drug-likeness (QED) is 0.880. The third-order valence-corrected chi connectivity index (χ3v) is 2.95. The van der Waals surface area contributed by atoms with E-state index in [4.69, 9.17) is 20.8 Å². The van der Waals surface area contributed by atoms with Crippen molar-refractivity contribution in [2.75, 3.05) is 11.9 Å². The summed E-state index contributed by atoms with van der Waals surface area (Å²) in [5.74, 6) is -1.06. The summed E-state index contributed by atoms with van der Waals surface area (Å²) in [6.07, 6.45) is 2.60. The molecule has 2 aromatic rings. The topological polar surface area (TPSA) is 68.5 Å². The molecule has 20 heavy (non-hydrogen) atoms. The number of hydrogen-bond donors (Lipinski definition) is 1. The van der Waals surface area contributed by atoms with Gasteiger partial charge in [0.15, 0.2) is 6.61 Å². The third kappa shape index (κ3) is 3.61. The van der Waals surface area contributed by atoms with Crippen LogP contribution in [0.1, 0.15) is 15.9 Å². The predicted molar refractivity (Wildman–Crippen MR) is 73.8 cm³/mol. The van der Waals surface area contributed by atoms with Crippen LogP contribution in [-0.4, -0.2) is 18.5 Å². The second kappa shape index (κ2) is 6.25. The van der Waals surface area contributed by atoms with Crippen LogP contribution in [0.2, 0.25) is 5.02 Å². The molecule has 0 aliphatic rings. The molecular weight excluding hydrogens is 282 g/mol. The Balaban J connectivity index is 1.86. The normalized spacial score (nSPS) is 10.1.